The summed E-state index contributed by atoms with van der Waals surface area (Å²) in [5.41, 5.74) is 0.860. The summed E-state index contributed by atoms with van der Waals surface area (Å²) in [5, 5.41) is 3.19. The quantitative estimate of drug-likeness (QED) is 0.839. The fraction of sp³-hybridized carbons (Fsp3) is 0.533. The van der Waals surface area contributed by atoms with Crippen molar-refractivity contribution in [1.82, 2.24) is 5.32 Å². The average Bonchev–Trinajstić information content (AvgIpc) is 2.86. The van der Waals surface area contributed by atoms with Gasteiger partial charge in [-0.1, -0.05) is 37.3 Å². The topological polar surface area (TPSA) is 29.1 Å². The van der Waals surface area contributed by atoms with Gasteiger partial charge in [0.15, 0.2) is 0 Å². The fourth-order valence-corrected chi connectivity index (χ4v) is 3.86. The summed E-state index contributed by atoms with van der Waals surface area (Å²) in [6.45, 7) is 2.18. The lowest BCUT2D eigenvalue weighted by atomic mass is 10.1. The van der Waals surface area contributed by atoms with Crippen LogP contribution in [-0.2, 0) is 4.79 Å². The molecule has 1 aromatic rings. The Labute approximate surface area is 124 Å². The minimum Gasteiger partial charge on any atom is -0.352 e. The molecule has 4 heteroatoms. The summed E-state index contributed by atoms with van der Waals surface area (Å²) in [6, 6.07) is 9.81. The molecule has 0 spiro atoms. The van der Waals surface area contributed by atoms with Gasteiger partial charge >= 0.3 is 0 Å². The minimum absolute atomic E-state index is 0.0694. The van der Waals surface area contributed by atoms with Crippen LogP contribution in [0.4, 0.5) is 0 Å². The zero-order chi connectivity index (χ0) is 13.7. The van der Waals surface area contributed by atoms with Gasteiger partial charge in [-0.3, -0.25) is 4.79 Å². The van der Waals surface area contributed by atoms with Gasteiger partial charge in [-0.25, -0.2) is 0 Å². The van der Waals surface area contributed by atoms with Crippen LogP contribution in [0, 0.1) is 0 Å². The van der Waals surface area contributed by atoms with Crippen LogP contribution in [0.15, 0.2) is 30.3 Å². The Hall–Kier alpha value is -0.670. The van der Waals surface area contributed by atoms with Crippen molar-refractivity contribution >= 4 is 29.3 Å². The second-order valence-corrected chi connectivity index (χ2v) is 6.88. The molecule has 2 rings (SSSR count). The van der Waals surface area contributed by atoms with Crippen LogP contribution in [0.2, 0.25) is 0 Å². The zero-order valence-electron chi connectivity index (χ0n) is 11.1. The second-order valence-electron chi connectivity index (χ2n) is 4.87. The first-order chi connectivity index (χ1) is 9.20. The van der Waals surface area contributed by atoms with E-state index in [-0.39, 0.29) is 5.91 Å². The summed E-state index contributed by atoms with van der Waals surface area (Å²) < 4.78 is 0. The predicted octanol–water partition coefficient (Wildman–Crippen LogP) is 3.76. The average molecular weight is 298 g/mol. The monoisotopic (exact) mass is 297 g/mol. The highest BCUT2D eigenvalue weighted by Crippen LogP contribution is 2.30. The highest BCUT2D eigenvalue weighted by molar-refractivity contribution is 7.99. The van der Waals surface area contributed by atoms with Crippen LogP contribution in [-0.4, -0.2) is 23.0 Å². The first kappa shape index (κ1) is 14.7. The fourth-order valence-electron chi connectivity index (χ4n) is 2.51. The number of carbonyl (C=O) groups excluding carboxylic acids is 1. The SMILES string of the molecule is CCSC1CCC(NC(=O)C(Cl)c2ccccc2)C1. The molecular formula is C15H20ClNOS. The molecule has 1 aliphatic carbocycles. The molecule has 1 amide bonds. The Morgan fingerprint density at radius 1 is 1.42 bits per heavy atom. The highest BCUT2D eigenvalue weighted by Gasteiger charge is 2.27. The van der Waals surface area contributed by atoms with E-state index in [0.717, 1.165) is 24.2 Å². The van der Waals surface area contributed by atoms with Crippen molar-refractivity contribution in [3.8, 4) is 0 Å². The Kier molecular flexibility index (Phi) is 5.59. The van der Waals surface area contributed by atoms with E-state index in [4.69, 9.17) is 11.6 Å². The van der Waals surface area contributed by atoms with Gasteiger partial charge in [0.1, 0.15) is 5.38 Å². The van der Waals surface area contributed by atoms with Crippen LogP contribution in [0.5, 0.6) is 0 Å². The van der Waals surface area contributed by atoms with Crippen molar-refractivity contribution in [2.24, 2.45) is 0 Å². The van der Waals surface area contributed by atoms with E-state index in [1.54, 1.807) is 0 Å². The number of alkyl halides is 1. The van der Waals surface area contributed by atoms with E-state index in [1.807, 2.05) is 42.1 Å². The number of amides is 1. The lowest BCUT2D eigenvalue weighted by Crippen LogP contribution is -2.35. The number of carbonyl (C=O) groups is 1. The molecule has 0 heterocycles. The molecule has 1 fully saturated rings. The number of hydrogen-bond donors (Lipinski definition) is 1. The summed E-state index contributed by atoms with van der Waals surface area (Å²) in [7, 11) is 0. The second kappa shape index (κ2) is 7.20. The van der Waals surface area contributed by atoms with Crippen LogP contribution >= 0.6 is 23.4 Å². The number of hydrogen-bond acceptors (Lipinski definition) is 2. The lowest BCUT2D eigenvalue weighted by Gasteiger charge is -2.16. The first-order valence-corrected chi connectivity index (χ1v) is 8.30. The summed E-state index contributed by atoms with van der Waals surface area (Å²) in [4.78, 5) is 12.1. The maximum absolute atomic E-state index is 12.1. The molecule has 19 heavy (non-hydrogen) atoms. The zero-order valence-corrected chi connectivity index (χ0v) is 12.7. The molecule has 0 saturated heterocycles. The Balaban J connectivity index is 1.85. The number of thioether (sulfide) groups is 1. The molecule has 1 N–H and O–H groups in total. The van der Waals surface area contributed by atoms with Gasteiger partial charge in [0.2, 0.25) is 5.91 Å². The maximum atomic E-state index is 12.1. The highest BCUT2D eigenvalue weighted by atomic mass is 35.5. The molecule has 104 valence electrons. The first-order valence-electron chi connectivity index (χ1n) is 6.81. The Morgan fingerprint density at radius 2 is 2.16 bits per heavy atom. The van der Waals surface area contributed by atoms with Crippen molar-refractivity contribution < 1.29 is 4.79 Å². The normalized spacial score (nSPS) is 24.1. The van der Waals surface area contributed by atoms with Crippen molar-refractivity contribution in [2.45, 2.75) is 42.9 Å². The van der Waals surface area contributed by atoms with Gasteiger partial charge in [0.05, 0.1) is 0 Å². The van der Waals surface area contributed by atoms with Crippen LogP contribution in [0.25, 0.3) is 0 Å². The lowest BCUT2D eigenvalue weighted by molar-refractivity contribution is -0.121. The number of halogens is 1. The van der Waals surface area contributed by atoms with Gasteiger partial charge in [0, 0.05) is 11.3 Å². The molecule has 3 unspecified atom stereocenters. The molecule has 0 radical (unpaired) electrons. The smallest absolute Gasteiger partial charge is 0.242 e. The minimum atomic E-state index is -0.584. The van der Waals surface area contributed by atoms with Gasteiger partial charge in [-0.2, -0.15) is 11.8 Å². The van der Waals surface area contributed by atoms with Crippen molar-refractivity contribution in [1.29, 1.82) is 0 Å². The number of rotatable bonds is 5. The molecule has 3 atom stereocenters. The number of benzene rings is 1. The standard InChI is InChI=1S/C15H20ClNOS/c1-2-19-13-9-8-12(10-13)17-15(18)14(16)11-6-4-3-5-7-11/h3-7,12-14H,2,8-10H2,1H3,(H,17,18). The van der Waals surface area contributed by atoms with E-state index in [0.29, 0.717) is 11.3 Å². The van der Waals surface area contributed by atoms with Crippen molar-refractivity contribution in [3.63, 3.8) is 0 Å². The van der Waals surface area contributed by atoms with Crippen LogP contribution in [0.1, 0.15) is 37.1 Å². The predicted molar refractivity (Wildman–Crippen MR) is 82.7 cm³/mol. The molecular weight excluding hydrogens is 278 g/mol. The molecule has 2 nitrogen and oxygen atoms in total. The summed E-state index contributed by atoms with van der Waals surface area (Å²) in [5.74, 6) is 1.08. The van der Waals surface area contributed by atoms with E-state index >= 15 is 0 Å². The Morgan fingerprint density at radius 3 is 2.84 bits per heavy atom. The summed E-state index contributed by atoms with van der Waals surface area (Å²) >= 11 is 8.21. The van der Waals surface area contributed by atoms with E-state index in [1.165, 1.54) is 6.42 Å². The van der Waals surface area contributed by atoms with Gasteiger partial charge < -0.3 is 5.32 Å². The number of nitrogens with one attached hydrogen (secondary N) is 1. The van der Waals surface area contributed by atoms with E-state index in [2.05, 4.69) is 12.2 Å². The Bertz CT molecular complexity index is 412. The molecule has 1 saturated carbocycles. The molecule has 0 aliphatic heterocycles. The van der Waals surface area contributed by atoms with Gasteiger partial charge in [-0.15, -0.1) is 11.6 Å². The third-order valence-electron chi connectivity index (χ3n) is 3.46. The van der Waals surface area contributed by atoms with E-state index < -0.39 is 5.38 Å². The third-order valence-corrected chi connectivity index (χ3v) is 5.14. The van der Waals surface area contributed by atoms with Crippen LogP contribution in [0.3, 0.4) is 0 Å². The third kappa shape index (κ3) is 4.15. The summed E-state index contributed by atoms with van der Waals surface area (Å²) in [6.07, 6.45) is 3.34. The van der Waals surface area contributed by atoms with E-state index in [9.17, 15) is 4.79 Å². The van der Waals surface area contributed by atoms with Crippen molar-refractivity contribution in [3.05, 3.63) is 35.9 Å². The maximum Gasteiger partial charge on any atom is 0.242 e. The van der Waals surface area contributed by atoms with Crippen LogP contribution < -0.4 is 5.32 Å². The molecule has 0 bridgehead atoms. The van der Waals surface area contributed by atoms with Gasteiger partial charge in [-0.05, 0) is 30.6 Å². The molecule has 1 aliphatic rings. The largest absolute Gasteiger partial charge is 0.352 e. The van der Waals surface area contributed by atoms with Gasteiger partial charge in [0.25, 0.3) is 0 Å². The molecule has 0 aromatic heterocycles. The van der Waals surface area contributed by atoms with Crippen molar-refractivity contribution in [2.75, 3.05) is 5.75 Å². The molecule has 1 aromatic carbocycles.